The minimum absolute atomic E-state index is 0.0463. The summed E-state index contributed by atoms with van der Waals surface area (Å²) in [7, 11) is 1.57. The molecule has 0 radical (unpaired) electrons. The molecule has 0 bridgehead atoms. The number of nitrogens with one attached hydrogen (secondary N) is 1. The lowest BCUT2D eigenvalue weighted by Crippen LogP contribution is -2.38. The van der Waals surface area contributed by atoms with E-state index in [2.05, 4.69) is 5.32 Å². The number of carbonyl (C=O) groups is 2. The van der Waals surface area contributed by atoms with Crippen molar-refractivity contribution in [3.05, 3.63) is 118 Å². The highest BCUT2D eigenvalue weighted by molar-refractivity contribution is 8.16. The van der Waals surface area contributed by atoms with Gasteiger partial charge in [0.25, 0.3) is 0 Å². The molecule has 8 nitrogen and oxygen atoms in total. The highest BCUT2D eigenvalue weighted by Crippen LogP contribution is 2.46. The van der Waals surface area contributed by atoms with Crippen molar-refractivity contribution in [3.8, 4) is 11.5 Å². The van der Waals surface area contributed by atoms with Crippen molar-refractivity contribution in [3.63, 3.8) is 0 Å². The first-order valence-corrected chi connectivity index (χ1v) is 15.1. The van der Waals surface area contributed by atoms with E-state index in [-0.39, 0.29) is 30.8 Å². The molecule has 0 aromatic heterocycles. The lowest BCUT2D eigenvalue weighted by atomic mass is 9.93. The second-order valence-electron chi connectivity index (χ2n) is 10.6. The zero-order valence-corrected chi connectivity index (χ0v) is 25.8. The Hall–Kier alpha value is -4.57. The highest BCUT2D eigenvalue weighted by Gasteiger charge is 2.41. The van der Waals surface area contributed by atoms with Crippen molar-refractivity contribution < 1.29 is 28.2 Å². The van der Waals surface area contributed by atoms with E-state index in [0.717, 1.165) is 16.7 Å². The first-order valence-electron chi connectivity index (χ1n) is 14.2. The van der Waals surface area contributed by atoms with E-state index < -0.39 is 12.0 Å². The number of allylic oxidation sites excluding steroid dienone is 1. The Morgan fingerprint density at radius 1 is 1.02 bits per heavy atom. The van der Waals surface area contributed by atoms with Crippen molar-refractivity contribution in [2.24, 2.45) is 4.99 Å². The zero-order chi connectivity index (χ0) is 31.2. The van der Waals surface area contributed by atoms with E-state index in [1.54, 1.807) is 40.0 Å². The van der Waals surface area contributed by atoms with E-state index >= 15 is 0 Å². The lowest BCUT2D eigenvalue weighted by molar-refractivity contribution is -0.143. The topological polar surface area (TPSA) is 89.5 Å². The third-order valence-electron chi connectivity index (χ3n) is 7.05. The van der Waals surface area contributed by atoms with Gasteiger partial charge in [0.2, 0.25) is 5.91 Å². The normalized spacial score (nSPS) is 15.9. The fourth-order valence-corrected chi connectivity index (χ4v) is 5.93. The third kappa shape index (κ3) is 7.14. The van der Waals surface area contributed by atoms with E-state index in [4.69, 9.17) is 19.2 Å². The molecule has 3 aromatic carbocycles. The number of hydrogen-bond donors (Lipinski definition) is 1. The largest absolute Gasteiger partial charge is 0.493 e. The number of amidine groups is 1. The van der Waals surface area contributed by atoms with Gasteiger partial charge in [0.15, 0.2) is 16.7 Å². The van der Waals surface area contributed by atoms with Gasteiger partial charge < -0.3 is 24.4 Å². The van der Waals surface area contributed by atoms with Crippen LogP contribution in [0.5, 0.6) is 11.5 Å². The third-order valence-corrected chi connectivity index (χ3v) is 7.94. The fourth-order valence-electron chi connectivity index (χ4n) is 4.96. The van der Waals surface area contributed by atoms with E-state index in [0.29, 0.717) is 40.2 Å². The molecule has 2 aliphatic heterocycles. The summed E-state index contributed by atoms with van der Waals surface area (Å²) in [5.74, 6) is 0.0279. The van der Waals surface area contributed by atoms with Crippen LogP contribution in [0.25, 0.3) is 0 Å². The molecule has 228 valence electrons. The predicted octanol–water partition coefficient (Wildman–Crippen LogP) is 6.65. The molecule has 44 heavy (non-hydrogen) atoms. The van der Waals surface area contributed by atoms with Crippen LogP contribution in [0.4, 0.5) is 4.39 Å². The first-order chi connectivity index (χ1) is 21.2. The monoisotopic (exact) mass is 615 g/mol. The minimum Gasteiger partial charge on any atom is -0.493 e. The van der Waals surface area contributed by atoms with Gasteiger partial charge in [-0.05, 0) is 67.1 Å². The van der Waals surface area contributed by atoms with Crippen LogP contribution < -0.4 is 14.8 Å². The molecule has 1 amide bonds. The van der Waals surface area contributed by atoms with Gasteiger partial charge in [-0.25, -0.2) is 14.2 Å². The molecule has 1 unspecified atom stereocenters. The quantitative estimate of drug-likeness (QED) is 0.242. The molecule has 0 spiro atoms. The summed E-state index contributed by atoms with van der Waals surface area (Å²) >= 11 is 1.39. The van der Waals surface area contributed by atoms with Crippen LogP contribution in [-0.2, 0) is 27.5 Å². The molecule has 1 atom stereocenters. The van der Waals surface area contributed by atoms with E-state index in [9.17, 15) is 14.0 Å². The minimum atomic E-state index is -0.628. The molecule has 5 rings (SSSR count). The van der Waals surface area contributed by atoms with Crippen molar-refractivity contribution in [1.82, 2.24) is 10.2 Å². The van der Waals surface area contributed by atoms with Crippen molar-refractivity contribution in [1.29, 1.82) is 0 Å². The molecule has 0 fully saturated rings. The Morgan fingerprint density at radius 3 is 2.48 bits per heavy atom. The van der Waals surface area contributed by atoms with Crippen LogP contribution >= 0.6 is 11.8 Å². The smallest absolute Gasteiger partial charge is 0.338 e. The zero-order valence-electron chi connectivity index (χ0n) is 25.0. The molecule has 2 aliphatic rings. The van der Waals surface area contributed by atoms with Gasteiger partial charge in [-0.1, -0.05) is 60.3 Å². The number of methoxy groups -OCH3 is 1. The Labute approximate surface area is 260 Å². The number of thioether (sulfide) groups is 1. The van der Waals surface area contributed by atoms with Gasteiger partial charge >= 0.3 is 5.97 Å². The molecule has 3 aromatic rings. The van der Waals surface area contributed by atoms with Crippen molar-refractivity contribution >= 4 is 28.8 Å². The van der Waals surface area contributed by atoms with Gasteiger partial charge in [0, 0.05) is 12.2 Å². The number of aliphatic imine (C=N–C) groups is 1. The number of amides is 1. The number of hydrogen-bond acceptors (Lipinski definition) is 8. The molecule has 10 heteroatoms. The maximum Gasteiger partial charge on any atom is 0.338 e. The molecular weight excluding hydrogens is 581 g/mol. The SMILES string of the molecule is COc1cc(C2C(C(=O)OC(C)C)=C(C)N=C3SC=C(CC(=O)NCc4ccc(F)cc4)N32)ccc1OCc1ccccc1. The second kappa shape index (κ2) is 13.8. The van der Waals surface area contributed by atoms with Crippen LogP contribution in [0.2, 0.25) is 0 Å². The van der Waals surface area contributed by atoms with Crippen LogP contribution in [0, 0.1) is 5.82 Å². The number of esters is 1. The number of fused-ring (bicyclic) bond motifs is 1. The van der Waals surface area contributed by atoms with Crippen LogP contribution in [0.3, 0.4) is 0 Å². The number of benzene rings is 3. The van der Waals surface area contributed by atoms with Crippen LogP contribution in [0.1, 0.15) is 49.9 Å². The predicted molar refractivity (Wildman–Crippen MR) is 168 cm³/mol. The number of carbonyl (C=O) groups excluding carboxylic acids is 2. The lowest BCUT2D eigenvalue weighted by Gasteiger charge is -2.36. The molecule has 1 N–H and O–H groups in total. The fraction of sp³-hybridized carbons (Fsp3) is 0.265. The molecule has 0 aliphatic carbocycles. The summed E-state index contributed by atoms with van der Waals surface area (Å²) in [6.07, 6.45) is -0.290. The van der Waals surface area contributed by atoms with Crippen molar-refractivity contribution in [2.75, 3.05) is 7.11 Å². The number of ether oxygens (including phenoxy) is 3. The summed E-state index contributed by atoms with van der Waals surface area (Å²) < 4.78 is 30.8. The van der Waals surface area contributed by atoms with Crippen LogP contribution in [-0.4, -0.2) is 35.2 Å². The standard InChI is InChI=1S/C34H34FN3O5S/c1-21(2)43-33(40)31-22(3)37-34-38(27(20-44-34)17-30(39)36-18-23-10-13-26(35)14-11-23)32(31)25-12-15-28(29(16-25)41-4)42-19-24-8-6-5-7-9-24/h5-16,20-21,32H,17-19H2,1-4H3,(H,36,39). The Morgan fingerprint density at radius 2 is 1.77 bits per heavy atom. The number of halogens is 1. The average Bonchev–Trinajstić information content (AvgIpc) is 3.40. The Bertz CT molecular complexity index is 1620. The summed E-state index contributed by atoms with van der Waals surface area (Å²) in [5, 5.41) is 5.43. The Kier molecular flexibility index (Phi) is 9.69. The van der Waals surface area contributed by atoms with Crippen molar-refractivity contribution in [2.45, 2.75) is 52.5 Å². The Balaban J connectivity index is 1.43. The van der Waals surface area contributed by atoms with Gasteiger partial charge in [-0.3, -0.25) is 4.79 Å². The van der Waals surface area contributed by atoms with Crippen LogP contribution in [0.15, 0.2) is 100 Å². The van der Waals surface area contributed by atoms with E-state index in [1.807, 2.05) is 58.8 Å². The summed E-state index contributed by atoms with van der Waals surface area (Å²) in [5.41, 5.74) is 4.15. The first kappa shape index (κ1) is 30.9. The molecule has 0 saturated heterocycles. The molecular formula is C34H34FN3O5S. The summed E-state index contributed by atoms with van der Waals surface area (Å²) in [6, 6.07) is 20.7. The molecule has 2 heterocycles. The number of rotatable bonds is 11. The van der Waals surface area contributed by atoms with Gasteiger partial charge in [-0.15, -0.1) is 0 Å². The van der Waals surface area contributed by atoms with Gasteiger partial charge in [-0.2, -0.15) is 0 Å². The second-order valence-corrected chi connectivity index (χ2v) is 11.4. The summed E-state index contributed by atoms with van der Waals surface area (Å²) in [4.78, 5) is 33.2. The van der Waals surface area contributed by atoms with Gasteiger partial charge in [0.05, 0.1) is 36.9 Å². The highest BCUT2D eigenvalue weighted by atomic mass is 32.2. The summed E-state index contributed by atoms with van der Waals surface area (Å²) in [6.45, 7) is 6.01. The maximum atomic E-state index is 13.5. The average molecular weight is 616 g/mol. The number of nitrogens with zero attached hydrogens (tertiary/aromatic N) is 2. The molecule has 0 saturated carbocycles. The maximum absolute atomic E-state index is 13.5. The van der Waals surface area contributed by atoms with Gasteiger partial charge in [0.1, 0.15) is 12.4 Å². The van der Waals surface area contributed by atoms with E-state index in [1.165, 1.54) is 23.9 Å².